The minimum atomic E-state index is -0.989. The normalized spacial score (nSPS) is 13.0. The average molecular weight is 401 g/mol. The first kappa shape index (κ1) is 19.6. The van der Waals surface area contributed by atoms with E-state index in [4.69, 9.17) is 39.5 Å². The summed E-state index contributed by atoms with van der Waals surface area (Å²) in [5, 5.41) is 3.97. The first-order chi connectivity index (χ1) is 11.8. The van der Waals surface area contributed by atoms with E-state index in [-0.39, 0.29) is 16.6 Å². The van der Waals surface area contributed by atoms with Gasteiger partial charge in [0.1, 0.15) is 0 Å². The fraction of sp³-hybridized carbons (Fsp3) is 0.222. The summed E-state index contributed by atoms with van der Waals surface area (Å²) in [5.74, 6) is -1.11. The van der Waals surface area contributed by atoms with Crippen LogP contribution in [0.1, 0.15) is 35.8 Å². The van der Waals surface area contributed by atoms with Gasteiger partial charge in [-0.15, -0.1) is 0 Å². The van der Waals surface area contributed by atoms with E-state index >= 15 is 0 Å². The highest BCUT2D eigenvalue weighted by atomic mass is 35.5. The minimum Gasteiger partial charge on any atom is -0.449 e. The van der Waals surface area contributed by atoms with E-state index in [0.717, 1.165) is 0 Å². The minimum absolute atomic E-state index is 0.206. The van der Waals surface area contributed by atoms with E-state index in [2.05, 4.69) is 5.32 Å². The van der Waals surface area contributed by atoms with Crippen LogP contribution in [-0.2, 0) is 9.53 Å². The Morgan fingerprint density at radius 2 is 1.68 bits per heavy atom. The first-order valence-corrected chi connectivity index (χ1v) is 8.64. The number of esters is 1. The van der Waals surface area contributed by atoms with Crippen LogP contribution in [0.3, 0.4) is 0 Å². The highest BCUT2D eigenvalue weighted by Gasteiger charge is 2.22. The number of benzene rings is 2. The Balaban J connectivity index is 2.00. The average Bonchev–Trinajstić information content (AvgIpc) is 2.54. The van der Waals surface area contributed by atoms with Crippen LogP contribution in [0, 0.1) is 0 Å². The molecule has 0 bridgehead atoms. The van der Waals surface area contributed by atoms with Crippen LogP contribution < -0.4 is 5.32 Å². The molecule has 25 heavy (non-hydrogen) atoms. The summed E-state index contributed by atoms with van der Waals surface area (Å²) in [6.07, 6.45) is -0.989. The summed E-state index contributed by atoms with van der Waals surface area (Å²) in [6, 6.07) is 11.1. The van der Waals surface area contributed by atoms with E-state index in [0.29, 0.717) is 15.6 Å². The van der Waals surface area contributed by atoms with Gasteiger partial charge < -0.3 is 10.1 Å². The van der Waals surface area contributed by atoms with Gasteiger partial charge in [-0.2, -0.15) is 0 Å². The van der Waals surface area contributed by atoms with E-state index in [1.807, 2.05) is 0 Å². The first-order valence-electron chi connectivity index (χ1n) is 7.50. The lowest BCUT2D eigenvalue weighted by atomic mass is 10.1. The summed E-state index contributed by atoms with van der Waals surface area (Å²) in [5.41, 5.74) is 0.918. The Bertz CT molecular complexity index is 795. The molecule has 2 aromatic rings. The topological polar surface area (TPSA) is 55.4 Å². The van der Waals surface area contributed by atoms with E-state index in [9.17, 15) is 9.59 Å². The van der Waals surface area contributed by atoms with Crippen LogP contribution >= 0.6 is 34.8 Å². The van der Waals surface area contributed by atoms with Gasteiger partial charge in [-0.05, 0) is 43.7 Å². The zero-order valence-electron chi connectivity index (χ0n) is 13.6. The van der Waals surface area contributed by atoms with Crippen molar-refractivity contribution in [1.29, 1.82) is 0 Å². The number of halogens is 3. The van der Waals surface area contributed by atoms with E-state index in [1.54, 1.807) is 43.3 Å². The predicted octanol–water partition coefficient (Wildman–Crippen LogP) is 5.07. The molecule has 0 fully saturated rings. The summed E-state index contributed by atoms with van der Waals surface area (Å²) in [4.78, 5) is 24.4. The standard InChI is InChI=1S/C18H16Cl3NO3/c1-10(13-8-7-12(19)9-16(13)21)22-17(23)11(2)25-18(24)14-5-3-4-6-15(14)20/h3-11H,1-2H3,(H,22,23)/t10-,11+/m0/s1. The maximum atomic E-state index is 12.3. The second-order valence-corrected chi connectivity index (χ2v) is 6.67. The molecule has 132 valence electrons. The molecular weight excluding hydrogens is 385 g/mol. The Morgan fingerprint density at radius 3 is 2.32 bits per heavy atom. The number of hydrogen-bond donors (Lipinski definition) is 1. The van der Waals surface area contributed by atoms with Crippen LogP contribution in [0.5, 0.6) is 0 Å². The molecule has 1 N–H and O–H groups in total. The van der Waals surface area contributed by atoms with Gasteiger partial charge in [-0.25, -0.2) is 4.79 Å². The van der Waals surface area contributed by atoms with Crippen molar-refractivity contribution in [2.45, 2.75) is 26.0 Å². The SMILES string of the molecule is C[C@H](NC(=O)[C@@H](C)OC(=O)c1ccccc1Cl)c1ccc(Cl)cc1Cl. The maximum absolute atomic E-state index is 12.3. The van der Waals surface area contributed by atoms with Gasteiger partial charge in [-0.3, -0.25) is 4.79 Å². The van der Waals surface area contributed by atoms with Crippen molar-refractivity contribution >= 4 is 46.7 Å². The lowest BCUT2D eigenvalue weighted by Gasteiger charge is -2.19. The molecule has 4 nitrogen and oxygen atoms in total. The van der Waals surface area contributed by atoms with Gasteiger partial charge in [0.25, 0.3) is 5.91 Å². The molecule has 0 heterocycles. The molecule has 2 atom stereocenters. The molecule has 2 rings (SSSR count). The molecule has 0 aliphatic heterocycles. The van der Waals surface area contributed by atoms with Crippen molar-refractivity contribution in [2.24, 2.45) is 0 Å². The second-order valence-electron chi connectivity index (χ2n) is 5.42. The predicted molar refractivity (Wildman–Crippen MR) is 99.3 cm³/mol. The van der Waals surface area contributed by atoms with Crippen molar-refractivity contribution in [3.8, 4) is 0 Å². The number of nitrogens with one attached hydrogen (secondary N) is 1. The monoisotopic (exact) mass is 399 g/mol. The molecule has 1 amide bonds. The summed E-state index contributed by atoms with van der Waals surface area (Å²) >= 11 is 17.9. The molecule has 0 aliphatic rings. The number of amides is 1. The van der Waals surface area contributed by atoms with Gasteiger partial charge in [-0.1, -0.05) is 53.0 Å². The number of rotatable bonds is 5. The molecule has 0 spiro atoms. The number of ether oxygens (including phenoxy) is 1. The van der Waals surface area contributed by atoms with Gasteiger partial charge in [0.2, 0.25) is 0 Å². The largest absolute Gasteiger partial charge is 0.449 e. The summed E-state index contributed by atoms with van der Waals surface area (Å²) in [6.45, 7) is 3.26. The summed E-state index contributed by atoms with van der Waals surface area (Å²) in [7, 11) is 0. The van der Waals surface area contributed by atoms with Crippen LogP contribution in [0.4, 0.5) is 0 Å². The third-order valence-electron chi connectivity index (χ3n) is 3.53. The van der Waals surface area contributed by atoms with Gasteiger partial charge in [0.05, 0.1) is 16.6 Å². The smallest absolute Gasteiger partial charge is 0.340 e. The number of carbonyl (C=O) groups excluding carboxylic acids is 2. The van der Waals surface area contributed by atoms with Crippen molar-refractivity contribution in [3.05, 3.63) is 68.7 Å². The van der Waals surface area contributed by atoms with Crippen molar-refractivity contribution in [3.63, 3.8) is 0 Å². The van der Waals surface area contributed by atoms with Crippen LogP contribution in [-0.4, -0.2) is 18.0 Å². The molecule has 0 radical (unpaired) electrons. The number of hydrogen-bond acceptors (Lipinski definition) is 3. The Kier molecular flexibility index (Phi) is 6.71. The van der Waals surface area contributed by atoms with Gasteiger partial charge >= 0.3 is 5.97 Å². The van der Waals surface area contributed by atoms with Gasteiger partial charge in [0, 0.05) is 10.0 Å². The van der Waals surface area contributed by atoms with E-state index < -0.39 is 18.0 Å². The quantitative estimate of drug-likeness (QED) is 0.713. The molecule has 0 aromatic heterocycles. The Hall–Kier alpha value is -1.75. The van der Waals surface area contributed by atoms with Crippen LogP contribution in [0.2, 0.25) is 15.1 Å². The third kappa shape index (κ3) is 5.11. The highest BCUT2D eigenvalue weighted by Crippen LogP contribution is 2.26. The Labute approximate surface area is 161 Å². The zero-order chi connectivity index (χ0) is 18.6. The van der Waals surface area contributed by atoms with Crippen LogP contribution in [0.25, 0.3) is 0 Å². The summed E-state index contributed by atoms with van der Waals surface area (Å²) < 4.78 is 5.18. The molecular formula is C18H16Cl3NO3. The number of carbonyl (C=O) groups is 2. The van der Waals surface area contributed by atoms with Crippen molar-refractivity contribution < 1.29 is 14.3 Å². The van der Waals surface area contributed by atoms with Crippen molar-refractivity contribution in [1.82, 2.24) is 5.32 Å². The fourth-order valence-electron chi connectivity index (χ4n) is 2.17. The third-order valence-corrected chi connectivity index (χ3v) is 4.43. The molecule has 0 aliphatic carbocycles. The maximum Gasteiger partial charge on any atom is 0.340 e. The lowest BCUT2D eigenvalue weighted by molar-refractivity contribution is -0.129. The molecule has 2 aromatic carbocycles. The highest BCUT2D eigenvalue weighted by molar-refractivity contribution is 6.35. The molecule has 0 saturated heterocycles. The fourth-order valence-corrected chi connectivity index (χ4v) is 2.95. The zero-order valence-corrected chi connectivity index (χ0v) is 15.8. The Morgan fingerprint density at radius 1 is 1.00 bits per heavy atom. The molecule has 7 heteroatoms. The second kappa shape index (κ2) is 8.56. The van der Waals surface area contributed by atoms with Gasteiger partial charge in [0.15, 0.2) is 6.10 Å². The van der Waals surface area contributed by atoms with Crippen LogP contribution in [0.15, 0.2) is 42.5 Å². The lowest BCUT2D eigenvalue weighted by Crippen LogP contribution is -2.37. The molecule has 0 unspecified atom stereocenters. The van der Waals surface area contributed by atoms with Crippen molar-refractivity contribution in [2.75, 3.05) is 0 Å². The molecule has 0 saturated carbocycles. The van der Waals surface area contributed by atoms with E-state index in [1.165, 1.54) is 13.0 Å².